The third-order valence-electron chi connectivity index (χ3n) is 4.57. The summed E-state index contributed by atoms with van der Waals surface area (Å²) < 4.78 is 7.71. The van der Waals surface area contributed by atoms with Crippen molar-refractivity contribution in [3.63, 3.8) is 0 Å². The number of hydrogen-bond donors (Lipinski definition) is 1. The molecule has 0 atom stereocenters. The van der Waals surface area contributed by atoms with Crippen LogP contribution in [0.1, 0.15) is 32.2 Å². The van der Waals surface area contributed by atoms with E-state index < -0.39 is 5.41 Å². The van der Waals surface area contributed by atoms with Crippen LogP contribution in [0.3, 0.4) is 0 Å². The van der Waals surface area contributed by atoms with E-state index in [2.05, 4.69) is 22.0 Å². The average molecular weight is 365 g/mol. The van der Waals surface area contributed by atoms with Crippen LogP contribution in [0.15, 0.2) is 48.5 Å². The van der Waals surface area contributed by atoms with Crippen LogP contribution >= 0.6 is 0 Å². The molecular weight excluding hydrogens is 338 g/mol. The van der Waals surface area contributed by atoms with Crippen molar-refractivity contribution in [1.29, 1.82) is 0 Å². The van der Waals surface area contributed by atoms with E-state index in [1.165, 1.54) is 0 Å². The highest BCUT2D eigenvalue weighted by Gasteiger charge is 2.21. The summed E-state index contributed by atoms with van der Waals surface area (Å²) in [6.07, 6.45) is 0.672. The van der Waals surface area contributed by atoms with Crippen molar-refractivity contribution in [1.82, 2.24) is 14.9 Å². The second-order valence-electron chi connectivity index (χ2n) is 7.67. The zero-order valence-corrected chi connectivity index (χ0v) is 16.5. The molecule has 3 rings (SSSR count). The molecule has 0 saturated heterocycles. The van der Waals surface area contributed by atoms with Gasteiger partial charge in [0.25, 0.3) is 0 Å². The van der Waals surface area contributed by atoms with Crippen LogP contribution in [0.4, 0.5) is 0 Å². The van der Waals surface area contributed by atoms with Gasteiger partial charge in [-0.2, -0.15) is 0 Å². The number of nitrogens with zero attached hydrogens (tertiary/aromatic N) is 2. The minimum absolute atomic E-state index is 0.0508. The summed E-state index contributed by atoms with van der Waals surface area (Å²) in [6.45, 7) is 6.98. The largest absolute Gasteiger partial charge is 0.496 e. The summed E-state index contributed by atoms with van der Waals surface area (Å²) in [5.74, 6) is 1.87. The van der Waals surface area contributed by atoms with Crippen molar-refractivity contribution in [3.8, 4) is 5.75 Å². The van der Waals surface area contributed by atoms with Gasteiger partial charge in [-0.3, -0.25) is 4.79 Å². The van der Waals surface area contributed by atoms with Crippen molar-refractivity contribution in [2.45, 2.75) is 33.7 Å². The van der Waals surface area contributed by atoms with Gasteiger partial charge >= 0.3 is 0 Å². The van der Waals surface area contributed by atoms with Gasteiger partial charge in [0.1, 0.15) is 11.6 Å². The number of methoxy groups -OCH3 is 1. The monoisotopic (exact) mass is 365 g/mol. The number of nitrogens with one attached hydrogen (secondary N) is 1. The first-order chi connectivity index (χ1) is 12.9. The van der Waals surface area contributed by atoms with Gasteiger partial charge in [-0.25, -0.2) is 4.98 Å². The van der Waals surface area contributed by atoms with Crippen LogP contribution < -0.4 is 10.1 Å². The second kappa shape index (κ2) is 7.82. The maximum absolute atomic E-state index is 12.1. The van der Waals surface area contributed by atoms with E-state index in [1.807, 2.05) is 57.2 Å². The fraction of sp³-hybridized carbons (Fsp3) is 0.364. The number of carbonyl (C=O) groups is 1. The number of rotatable bonds is 6. The molecule has 0 unspecified atom stereocenters. The van der Waals surface area contributed by atoms with Crippen LogP contribution in [-0.4, -0.2) is 29.1 Å². The van der Waals surface area contributed by atoms with E-state index in [1.54, 1.807) is 7.11 Å². The third kappa shape index (κ3) is 4.30. The van der Waals surface area contributed by atoms with Gasteiger partial charge in [-0.15, -0.1) is 0 Å². The molecule has 0 aliphatic carbocycles. The molecule has 5 nitrogen and oxygen atoms in total. The van der Waals surface area contributed by atoms with Crippen LogP contribution in [0.5, 0.6) is 5.75 Å². The highest BCUT2D eigenvalue weighted by Crippen LogP contribution is 2.23. The molecule has 0 aliphatic heterocycles. The van der Waals surface area contributed by atoms with E-state index in [-0.39, 0.29) is 5.91 Å². The van der Waals surface area contributed by atoms with E-state index in [4.69, 9.17) is 9.72 Å². The maximum Gasteiger partial charge on any atom is 0.225 e. The molecule has 142 valence electrons. The molecule has 0 saturated carbocycles. The number of para-hydroxylation sites is 3. The molecule has 27 heavy (non-hydrogen) atoms. The minimum Gasteiger partial charge on any atom is -0.496 e. The Labute approximate surface area is 160 Å². The fourth-order valence-electron chi connectivity index (χ4n) is 3.05. The Morgan fingerprint density at radius 3 is 2.56 bits per heavy atom. The van der Waals surface area contributed by atoms with Crippen LogP contribution in [-0.2, 0) is 17.8 Å². The molecule has 1 amide bonds. The van der Waals surface area contributed by atoms with Crippen molar-refractivity contribution in [2.75, 3.05) is 13.7 Å². The summed E-state index contributed by atoms with van der Waals surface area (Å²) >= 11 is 0. The van der Waals surface area contributed by atoms with Crippen molar-refractivity contribution >= 4 is 16.9 Å². The normalized spacial score (nSPS) is 11.6. The highest BCUT2D eigenvalue weighted by molar-refractivity contribution is 5.81. The number of hydrogen-bond acceptors (Lipinski definition) is 3. The molecule has 0 bridgehead atoms. The van der Waals surface area contributed by atoms with Gasteiger partial charge in [0.2, 0.25) is 5.91 Å². The predicted molar refractivity (Wildman–Crippen MR) is 108 cm³/mol. The smallest absolute Gasteiger partial charge is 0.225 e. The Morgan fingerprint density at radius 2 is 1.81 bits per heavy atom. The third-order valence-corrected chi connectivity index (χ3v) is 4.57. The van der Waals surface area contributed by atoms with Crippen LogP contribution in [0, 0.1) is 5.41 Å². The SMILES string of the molecule is COc1ccccc1Cn1c(CCNC(=O)C(C)(C)C)nc2ccccc21. The Bertz CT molecular complexity index is 938. The molecule has 1 aromatic heterocycles. The van der Waals surface area contributed by atoms with Crippen molar-refractivity contribution < 1.29 is 9.53 Å². The number of amides is 1. The lowest BCUT2D eigenvalue weighted by atomic mass is 9.96. The lowest BCUT2D eigenvalue weighted by Gasteiger charge is -2.18. The second-order valence-corrected chi connectivity index (χ2v) is 7.67. The van der Waals surface area contributed by atoms with Gasteiger partial charge in [0.05, 0.1) is 24.7 Å². The van der Waals surface area contributed by atoms with Crippen molar-refractivity contribution in [3.05, 3.63) is 59.9 Å². The summed E-state index contributed by atoms with van der Waals surface area (Å²) in [5, 5.41) is 3.01. The molecule has 0 spiro atoms. The molecule has 1 heterocycles. The zero-order chi connectivity index (χ0) is 19.4. The first-order valence-corrected chi connectivity index (χ1v) is 9.24. The molecule has 0 fully saturated rings. The van der Waals surface area contributed by atoms with E-state index >= 15 is 0 Å². The minimum atomic E-state index is -0.391. The van der Waals surface area contributed by atoms with Gasteiger partial charge in [-0.1, -0.05) is 51.1 Å². The van der Waals surface area contributed by atoms with Crippen LogP contribution in [0.25, 0.3) is 11.0 Å². The zero-order valence-electron chi connectivity index (χ0n) is 16.5. The van der Waals surface area contributed by atoms with Gasteiger partial charge in [0, 0.05) is 23.9 Å². The van der Waals surface area contributed by atoms with Gasteiger partial charge in [0.15, 0.2) is 0 Å². The quantitative estimate of drug-likeness (QED) is 0.723. The summed E-state index contributed by atoms with van der Waals surface area (Å²) in [7, 11) is 1.69. The number of carbonyl (C=O) groups excluding carboxylic acids is 1. The Kier molecular flexibility index (Phi) is 5.49. The van der Waals surface area contributed by atoms with Crippen LogP contribution in [0.2, 0.25) is 0 Å². The number of imidazole rings is 1. The molecule has 3 aromatic rings. The molecular formula is C22H27N3O2. The van der Waals surface area contributed by atoms with Crippen molar-refractivity contribution in [2.24, 2.45) is 5.41 Å². The predicted octanol–water partition coefficient (Wildman–Crippen LogP) is 3.80. The summed E-state index contributed by atoms with van der Waals surface area (Å²) in [6, 6.07) is 16.1. The molecule has 0 radical (unpaired) electrons. The van der Waals surface area contributed by atoms with Gasteiger partial charge < -0.3 is 14.6 Å². The number of fused-ring (bicyclic) bond motifs is 1. The standard InChI is InChI=1S/C22H27N3O2/c1-22(2,3)21(26)23-14-13-20-24-17-10-6-7-11-18(17)25(20)15-16-9-5-8-12-19(16)27-4/h5-12H,13-15H2,1-4H3,(H,23,26). The molecule has 1 N–H and O–H groups in total. The number of aromatic nitrogens is 2. The summed E-state index contributed by atoms with van der Waals surface area (Å²) in [4.78, 5) is 16.9. The highest BCUT2D eigenvalue weighted by atomic mass is 16.5. The van der Waals surface area contributed by atoms with Gasteiger partial charge in [-0.05, 0) is 18.2 Å². The Hall–Kier alpha value is -2.82. The first kappa shape index (κ1) is 19.0. The Morgan fingerprint density at radius 1 is 1.11 bits per heavy atom. The fourth-order valence-corrected chi connectivity index (χ4v) is 3.05. The maximum atomic E-state index is 12.1. The molecule has 5 heteroatoms. The average Bonchev–Trinajstić information content (AvgIpc) is 2.99. The lowest BCUT2D eigenvalue weighted by molar-refractivity contribution is -0.128. The van der Waals surface area contributed by atoms with E-state index in [0.29, 0.717) is 19.5 Å². The Balaban J connectivity index is 1.87. The number of benzene rings is 2. The summed E-state index contributed by atoms with van der Waals surface area (Å²) in [5.41, 5.74) is 2.76. The molecule has 2 aromatic carbocycles. The lowest BCUT2D eigenvalue weighted by Crippen LogP contribution is -2.36. The number of ether oxygens (including phenoxy) is 1. The van der Waals surface area contributed by atoms with E-state index in [9.17, 15) is 4.79 Å². The first-order valence-electron chi connectivity index (χ1n) is 9.24. The topological polar surface area (TPSA) is 56.1 Å². The molecule has 0 aliphatic rings. The van der Waals surface area contributed by atoms with E-state index in [0.717, 1.165) is 28.2 Å².